The number of nitrogens with zero attached hydrogens (tertiary/aromatic N) is 6. The van der Waals surface area contributed by atoms with Crippen LogP contribution in [0.2, 0.25) is 0 Å². The molecule has 1 atom stereocenters. The second-order valence-corrected chi connectivity index (χ2v) is 11.0. The third-order valence-electron chi connectivity index (χ3n) is 8.32. The number of nitrogens with one attached hydrogen (secondary N) is 1. The molecule has 2 fully saturated rings. The van der Waals surface area contributed by atoms with E-state index < -0.39 is 0 Å². The number of rotatable bonds is 7. The van der Waals surface area contributed by atoms with Gasteiger partial charge in [-0.3, -0.25) is 14.6 Å². The van der Waals surface area contributed by atoms with Crippen molar-refractivity contribution in [2.45, 2.75) is 57.7 Å². The van der Waals surface area contributed by atoms with Gasteiger partial charge >= 0.3 is 0 Å². The highest BCUT2D eigenvalue weighted by Crippen LogP contribution is 2.33. The van der Waals surface area contributed by atoms with Crippen LogP contribution in [0.1, 0.15) is 66.7 Å². The van der Waals surface area contributed by atoms with Crippen LogP contribution in [0.5, 0.6) is 5.75 Å². The standard InChI is InChI=1S/C30H37N7O2/c1-21-11-12-27-23(17-21)19-26(30(38)31-27)28(29-32-33-34-37(29)24-8-4-3-5-9-24)36-15-13-35(14-16-36)20-22-7-6-10-25(18-22)39-2/h6-7,10-12,17-19,24,28H,3-5,8-9,13-16,20H2,1-2H3,(H,31,38). The van der Waals surface area contributed by atoms with E-state index in [0.29, 0.717) is 5.56 Å². The van der Waals surface area contributed by atoms with Crippen molar-refractivity contribution in [1.29, 1.82) is 0 Å². The largest absolute Gasteiger partial charge is 0.497 e. The average Bonchev–Trinajstić information content (AvgIpc) is 3.45. The predicted molar refractivity (Wildman–Crippen MR) is 151 cm³/mol. The molecule has 39 heavy (non-hydrogen) atoms. The molecule has 2 aliphatic rings. The minimum atomic E-state index is -0.311. The van der Waals surface area contributed by atoms with Crippen LogP contribution in [0.15, 0.2) is 53.3 Å². The molecule has 1 saturated heterocycles. The third-order valence-corrected chi connectivity index (χ3v) is 8.32. The first-order chi connectivity index (χ1) is 19.1. The first kappa shape index (κ1) is 25.7. The van der Waals surface area contributed by atoms with E-state index in [0.717, 1.165) is 73.6 Å². The molecular formula is C30H37N7O2. The van der Waals surface area contributed by atoms with Crippen LogP contribution in [-0.2, 0) is 6.54 Å². The lowest BCUT2D eigenvalue weighted by Gasteiger charge is -2.39. The van der Waals surface area contributed by atoms with E-state index in [9.17, 15) is 4.79 Å². The number of piperazine rings is 1. The second-order valence-electron chi connectivity index (χ2n) is 11.0. The molecule has 0 bridgehead atoms. The van der Waals surface area contributed by atoms with Gasteiger partial charge in [0.1, 0.15) is 11.8 Å². The van der Waals surface area contributed by atoms with Crippen LogP contribution in [0, 0.1) is 6.92 Å². The Labute approximate surface area is 228 Å². The van der Waals surface area contributed by atoms with Crippen LogP contribution in [0.4, 0.5) is 0 Å². The maximum Gasteiger partial charge on any atom is 0.253 e. The number of hydrogen-bond acceptors (Lipinski definition) is 7. The van der Waals surface area contributed by atoms with Gasteiger partial charge in [0.15, 0.2) is 5.82 Å². The van der Waals surface area contributed by atoms with E-state index >= 15 is 0 Å². The summed E-state index contributed by atoms with van der Waals surface area (Å²) in [7, 11) is 1.70. The zero-order valence-electron chi connectivity index (χ0n) is 22.8. The Bertz CT molecular complexity index is 1480. The molecule has 9 nitrogen and oxygen atoms in total. The minimum absolute atomic E-state index is 0.0756. The number of H-pyrrole nitrogens is 1. The summed E-state index contributed by atoms with van der Waals surface area (Å²) in [5.74, 6) is 1.66. The summed E-state index contributed by atoms with van der Waals surface area (Å²) in [6.45, 7) is 6.36. The maximum absolute atomic E-state index is 13.6. The van der Waals surface area contributed by atoms with Gasteiger partial charge in [-0.2, -0.15) is 0 Å². The smallest absolute Gasteiger partial charge is 0.253 e. The fraction of sp³-hybridized carbons (Fsp3) is 0.467. The molecule has 1 unspecified atom stereocenters. The molecule has 3 heterocycles. The summed E-state index contributed by atoms with van der Waals surface area (Å²) in [5.41, 5.74) is 3.88. The van der Waals surface area contributed by atoms with Crippen molar-refractivity contribution in [3.8, 4) is 5.75 Å². The lowest BCUT2D eigenvalue weighted by atomic mass is 9.95. The maximum atomic E-state index is 13.6. The molecule has 1 N–H and O–H groups in total. The fourth-order valence-corrected chi connectivity index (χ4v) is 6.22. The van der Waals surface area contributed by atoms with Gasteiger partial charge < -0.3 is 9.72 Å². The number of tetrazole rings is 1. The van der Waals surface area contributed by atoms with E-state index in [1.165, 1.54) is 24.8 Å². The monoisotopic (exact) mass is 527 g/mol. The Hall–Kier alpha value is -3.56. The Morgan fingerprint density at radius 1 is 1.03 bits per heavy atom. The lowest BCUT2D eigenvalue weighted by Crippen LogP contribution is -2.48. The van der Waals surface area contributed by atoms with E-state index in [1.807, 2.05) is 35.0 Å². The topological polar surface area (TPSA) is 92.2 Å². The molecule has 1 aliphatic heterocycles. The number of hydrogen-bond donors (Lipinski definition) is 1. The van der Waals surface area contributed by atoms with Gasteiger partial charge in [0, 0.05) is 43.8 Å². The number of benzene rings is 2. The quantitative estimate of drug-likeness (QED) is 0.384. The Balaban J connectivity index is 1.32. The van der Waals surface area contributed by atoms with Crippen LogP contribution in [0.25, 0.3) is 10.9 Å². The molecule has 0 radical (unpaired) electrons. The summed E-state index contributed by atoms with van der Waals surface area (Å²) >= 11 is 0. The van der Waals surface area contributed by atoms with Gasteiger partial charge in [0.25, 0.3) is 5.56 Å². The molecule has 204 valence electrons. The van der Waals surface area contributed by atoms with E-state index in [1.54, 1.807) is 7.11 Å². The summed E-state index contributed by atoms with van der Waals surface area (Å²) < 4.78 is 7.43. The van der Waals surface area contributed by atoms with Crippen LogP contribution in [0.3, 0.4) is 0 Å². The van der Waals surface area contributed by atoms with Crippen molar-refractivity contribution in [2.75, 3.05) is 33.3 Å². The van der Waals surface area contributed by atoms with Gasteiger partial charge in [-0.1, -0.05) is 43.0 Å². The first-order valence-corrected chi connectivity index (χ1v) is 14.1. The number of fused-ring (bicyclic) bond motifs is 1. The molecule has 4 aromatic rings. The lowest BCUT2D eigenvalue weighted by molar-refractivity contribution is 0.0982. The Kier molecular flexibility index (Phi) is 7.43. The second kappa shape index (κ2) is 11.3. The predicted octanol–water partition coefficient (Wildman–Crippen LogP) is 4.24. The summed E-state index contributed by atoms with van der Waals surface area (Å²) in [6, 6.07) is 16.4. The zero-order valence-corrected chi connectivity index (χ0v) is 22.8. The summed E-state index contributed by atoms with van der Waals surface area (Å²) in [5, 5.41) is 14.2. The number of methoxy groups -OCH3 is 1. The normalized spacial score (nSPS) is 18.4. The number of pyridine rings is 1. The summed E-state index contributed by atoms with van der Waals surface area (Å²) in [6.07, 6.45) is 5.79. The molecule has 9 heteroatoms. The van der Waals surface area contributed by atoms with E-state index in [-0.39, 0.29) is 17.6 Å². The van der Waals surface area contributed by atoms with Crippen molar-refractivity contribution in [1.82, 2.24) is 35.0 Å². The van der Waals surface area contributed by atoms with Gasteiger partial charge in [-0.05, 0) is 71.5 Å². The highest BCUT2D eigenvalue weighted by molar-refractivity contribution is 5.79. The SMILES string of the molecule is COc1cccc(CN2CCN(C(c3cc4cc(C)ccc4[nH]c3=O)c3nnnn3C3CCCCC3)CC2)c1. The first-order valence-electron chi connectivity index (χ1n) is 14.1. The van der Waals surface area contributed by atoms with Crippen LogP contribution in [-0.4, -0.2) is 68.3 Å². The van der Waals surface area contributed by atoms with Crippen molar-refractivity contribution in [2.24, 2.45) is 0 Å². The molecule has 6 rings (SSSR count). The van der Waals surface area contributed by atoms with Crippen molar-refractivity contribution in [3.05, 3.63) is 81.4 Å². The van der Waals surface area contributed by atoms with Gasteiger partial charge in [-0.15, -0.1) is 5.10 Å². The molecular weight excluding hydrogens is 490 g/mol. The molecule has 2 aromatic heterocycles. The molecule has 0 amide bonds. The Morgan fingerprint density at radius 3 is 2.64 bits per heavy atom. The number of ether oxygens (including phenoxy) is 1. The van der Waals surface area contributed by atoms with Crippen molar-refractivity contribution in [3.63, 3.8) is 0 Å². The van der Waals surface area contributed by atoms with Crippen molar-refractivity contribution < 1.29 is 4.74 Å². The van der Waals surface area contributed by atoms with Crippen LogP contribution < -0.4 is 10.3 Å². The van der Waals surface area contributed by atoms with Crippen LogP contribution >= 0.6 is 0 Å². The molecule has 1 saturated carbocycles. The van der Waals surface area contributed by atoms with E-state index in [2.05, 4.69) is 55.4 Å². The highest BCUT2D eigenvalue weighted by atomic mass is 16.5. The number of aromatic amines is 1. The average molecular weight is 528 g/mol. The fourth-order valence-electron chi connectivity index (χ4n) is 6.22. The van der Waals surface area contributed by atoms with Gasteiger partial charge in [0.2, 0.25) is 0 Å². The minimum Gasteiger partial charge on any atom is -0.497 e. The number of aromatic nitrogens is 5. The molecule has 1 aliphatic carbocycles. The third kappa shape index (κ3) is 5.46. The summed E-state index contributed by atoms with van der Waals surface area (Å²) in [4.78, 5) is 21.6. The Morgan fingerprint density at radius 2 is 1.85 bits per heavy atom. The van der Waals surface area contributed by atoms with Gasteiger partial charge in [0.05, 0.1) is 13.2 Å². The highest BCUT2D eigenvalue weighted by Gasteiger charge is 2.34. The van der Waals surface area contributed by atoms with Gasteiger partial charge in [-0.25, -0.2) is 4.68 Å². The van der Waals surface area contributed by atoms with E-state index in [4.69, 9.17) is 4.74 Å². The molecule has 0 spiro atoms. The zero-order chi connectivity index (χ0) is 26.8. The van der Waals surface area contributed by atoms with Crippen molar-refractivity contribution >= 4 is 10.9 Å². The molecule has 2 aromatic carbocycles. The number of aryl methyl sites for hydroxylation is 1.